The Morgan fingerprint density at radius 2 is 2.21 bits per heavy atom. The van der Waals surface area contributed by atoms with E-state index in [1.807, 2.05) is 35.8 Å². The van der Waals surface area contributed by atoms with Crippen LogP contribution in [0.3, 0.4) is 0 Å². The van der Waals surface area contributed by atoms with E-state index in [1.165, 1.54) is 5.56 Å². The first kappa shape index (κ1) is 8.87. The van der Waals surface area contributed by atoms with Crippen molar-refractivity contribution in [3.05, 3.63) is 36.3 Å². The first-order valence-corrected chi connectivity index (χ1v) is 4.71. The molecule has 1 aromatic rings. The van der Waals surface area contributed by atoms with Crippen LogP contribution in [0.4, 0.5) is 5.82 Å². The summed E-state index contributed by atoms with van der Waals surface area (Å²) in [5.41, 5.74) is 4.32. The molecule has 1 aliphatic rings. The molecule has 0 aliphatic carbocycles. The quantitative estimate of drug-likeness (QED) is 0.748. The average molecular weight is 190 g/mol. The Morgan fingerprint density at radius 1 is 1.36 bits per heavy atom. The molecule has 0 atom stereocenters. The number of aromatic nitrogens is 2. The second-order valence-corrected chi connectivity index (χ2v) is 3.53. The van der Waals surface area contributed by atoms with Crippen molar-refractivity contribution in [2.45, 2.75) is 19.8 Å². The number of aromatic amines is 1. The van der Waals surface area contributed by atoms with Crippen molar-refractivity contribution >= 4 is 5.82 Å². The standard InChI is InChI=1S/C10H14N4/c1-8(2)9-7-11-13-10(9)14-6-4-3-5-12-14/h3-8,12H,1-2H3,(H,11,13). The molecule has 0 fully saturated rings. The predicted octanol–water partition coefficient (Wildman–Crippen LogP) is 1.89. The summed E-state index contributed by atoms with van der Waals surface area (Å²) in [4.78, 5) is 0. The molecule has 0 aromatic carbocycles. The van der Waals surface area contributed by atoms with Gasteiger partial charge in [-0.3, -0.25) is 5.10 Å². The van der Waals surface area contributed by atoms with Crippen molar-refractivity contribution < 1.29 is 0 Å². The molecule has 0 saturated carbocycles. The van der Waals surface area contributed by atoms with Crippen LogP contribution in [0.15, 0.2) is 30.7 Å². The molecule has 74 valence electrons. The number of allylic oxidation sites excluding steroid dienone is 2. The van der Waals surface area contributed by atoms with Gasteiger partial charge in [0.15, 0.2) is 5.82 Å². The van der Waals surface area contributed by atoms with E-state index in [-0.39, 0.29) is 0 Å². The van der Waals surface area contributed by atoms with Crippen molar-refractivity contribution in [2.24, 2.45) is 0 Å². The third-order valence-electron chi connectivity index (χ3n) is 2.17. The monoisotopic (exact) mass is 190 g/mol. The number of anilines is 1. The molecule has 0 saturated heterocycles. The summed E-state index contributed by atoms with van der Waals surface area (Å²) in [6, 6.07) is 0. The Bertz CT molecular complexity index is 362. The second-order valence-electron chi connectivity index (χ2n) is 3.53. The maximum absolute atomic E-state index is 4.05. The molecule has 2 N–H and O–H groups in total. The Morgan fingerprint density at radius 3 is 2.86 bits per heavy atom. The van der Waals surface area contributed by atoms with Crippen LogP contribution in [0.1, 0.15) is 25.3 Å². The van der Waals surface area contributed by atoms with Gasteiger partial charge in [0, 0.05) is 18.0 Å². The minimum atomic E-state index is 0.463. The van der Waals surface area contributed by atoms with Crippen molar-refractivity contribution in [2.75, 3.05) is 5.01 Å². The van der Waals surface area contributed by atoms with Crippen LogP contribution >= 0.6 is 0 Å². The predicted molar refractivity (Wildman–Crippen MR) is 56.6 cm³/mol. The van der Waals surface area contributed by atoms with Crippen molar-refractivity contribution in [3.63, 3.8) is 0 Å². The largest absolute Gasteiger partial charge is 0.300 e. The van der Waals surface area contributed by atoms with Gasteiger partial charge in [-0.1, -0.05) is 13.8 Å². The number of nitrogens with one attached hydrogen (secondary N) is 2. The Balaban J connectivity index is 2.27. The molecule has 4 nitrogen and oxygen atoms in total. The lowest BCUT2D eigenvalue weighted by atomic mass is 10.1. The van der Waals surface area contributed by atoms with Crippen molar-refractivity contribution in [1.82, 2.24) is 15.6 Å². The molecular weight excluding hydrogens is 176 g/mol. The lowest BCUT2D eigenvalue weighted by molar-refractivity contribution is 0.809. The molecule has 4 heteroatoms. The van der Waals surface area contributed by atoms with Crippen LogP contribution in [-0.2, 0) is 0 Å². The van der Waals surface area contributed by atoms with Gasteiger partial charge in [0.2, 0.25) is 0 Å². The lowest BCUT2D eigenvalue weighted by Crippen LogP contribution is -2.31. The van der Waals surface area contributed by atoms with Gasteiger partial charge < -0.3 is 5.43 Å². The van der Waals surface area contributed by atoms with Gasteiger partial charge in [0.05, 0.1) is 6.20 Å². The summed E-state index contributed by atoms with van der Waals surface area (Å²) >= 11 is 0. The van der Waals surface area contributed by atoms with E-state index in [9.17, 15) is 0 Å². The molecule has 0 spiro atoms. The summed E-state index contributed by atoms with van der Waals surface area (Å²) in [5, 5.41) is 8.96. The molecule has 0 radical (unpaired) electrons. The van der Waals surface area contributed by atoms with E-state index in [4.69, 9.17) is 0 Å². The maximum Gasteiger partial charge on any atom is 0.150 e. The normalized spacial score (nSPS) is 14.9. The molecule has 0 unspecified atom stereocenters. The minimum Gasteiger partial charge on any atom is -0.300 e. The van der Waals surface area contributed by atoms with Crippen LogP contribution in [-0.4, -0.2) is 10.2 Å². The second kappa shape index (κ2) is 3.57. The van der Waals surface area contributed by atoms with Gasteiger partial charge in [-0.15, -0.1) is 0 Å². The highest BCUT2D eigenvalue weighted by molar-refractivity contribution is 5.50. The first-order chi connectivity index (χ1) is 6.79. The van der Waals surface area contributed by atoms with Gasteiger partial charge in [-0.2, -0.15) is 5.10 Å². The fourth-order valence-corrected chi connectivity index (χ4v) is 1.40. The van der Waals surface area contributed by atoms with E-state index in [0.717, 1.165) is 5.82 Å². The zero-order chi connectivity index (χ0) is 9.97. The highest BCUT2D eigenvalue weighted by Crippen LogP contribution is 2.24. The SMILES string of the molecule is CC(C)c1cn[nH]c1N1C=CC=CN1. The smallest absolute Gasteiger partial charge is 0.150 e. The zero-order valence-electron chi connectivity index (χ0n) is 8.36. The molecular formula is C10H14N4. The Hall–Kier alpha value is -1.71. The van der Waals surface area contributed by atoms with E-state index in [1.54, 1.807) is 0 Å². The number of hydrogen-bond donors (Lipinski definition) is 2. The fraction of sp³-hybridized carbons (Fsp3) is 0.300. The Kier molecular flexibility index (Phi) is 2.26. The first-order valence-electron chi connectivity index (χ1n) is 4.71. The number of hydrogen-bond acceptors (Lipinski definition) is 3. The molecule has 2 rings (SSSR count). The van der Waals surface area contributed by atoms with Crippen LogP contribution in [0.2, 0.25) is 0 Å². The number of hydrazine groups is 1. The van der Waals surface area contributed by atoms with Gasteiger partial charge in [-0.25, -0.2) is 5.01 Å². The van der Waals surface area contributed by atoms with E-state index >= 15 is 0 Å². The highest BCUT2D eigenvalue weighted by Gasteiger charge is 2.13. The van der Waals surface area contributed by atoms with Crippen LogP contribution in [0.5, 0.6) is 0 Å². The summed E-state index contributed by atoms with van der Waals surface area (Å²) in [7, 11) is 0. The zero-order valence-corrected chi connectivity index (χ0v) is 8.36. The molecule has 2 heterocycles. The average Bonchev–Trinajstić information content (AvgIpc) is 2.67. The van der Waals surface area contributed by atoms with Crippen molar-refractivity contribution in [1.29, 1.82) is 0 Å². The summed E-state index contributed by atoms with van der Waals surface area (Å²) in [6.45, 7) is 4.30. The molecule has 0 amide bonds. The lowest BCUT2D eigenvalue weighted by Gasteiger charge is -2.22. The van der Waals surface area contributed by atoms with Crippen LogP contribution in [0.25, 0.3) is 0 Å². The van der Waals surface area contributed by atoms with E-state index < -0.39 is 0 Å². The van der Waals surface area contributed by atoms with Gasteiger partial charge >= 0.3 is 0 Å². The van der Waals surface area contributed by atoms with E-state index in [2.05, 4.69) is 29.5 Å². The third kappa shape index (κ3) is 1.51. The Labute approximate surface area is 83.3 Å². The maximum atomic E-state index is 4.05. The molecule has 14 heavy (non-hydrogen) atoms. The molecule has 1 aliphatic heterocycles. The van der Waals surface area contributed by atoms with E-state index in [0.29, 0.717) is 5.92 Å². The van der Waals surface area contributed by atoms with Crippen LogP contribution < -0.4 is 10.4 Å². The number of H-pyrrole nitrogens is 1. The van der Waals surface area contributed by atoms with Crippen molar-refractivity contribution in [3.8, 4) is 0 Å². The van der Waals surface area contributed by atoms with Gasteiger partial charge in [0.1, 0.15) is 0 Å². The topological polar surface area (TPSA) is 44.0 Å². The minimum absolute atomic E-state index is 0.463. The molecule has 0 bridgehead atoms. The summed E-state index contributed by atoms with van der Waals surface area (Å²) in [5.74, 6) is 1.46. The van der Waals surface area contributed by atoms with Crippen LogP contribution in [0, 0.1) is 0 Å². The molecule has 1 aromatic heterocycles. The van der Waals surface area contributed by atoms with Gasteiger partial charge in [0.25, 0.3) is 0 Å². The summed E-state index contributed by atoms with van der Waals surface area (Å²) in [6.07, 6.45) is 9.63. The summed E-state index contributed by atoms with van der Waals surface area (Å²) < 4.78 is 0. The fourth-order valence-electron chi connectivity index (χ4n) is 1.40. The number of rotatable bonds is 2. The highest BCUT2D eigenvalue weighted by atomic mass is 15.5. The number of nitrogens with zero attached hydrogens (tertiary/aromatic N) is 2. The van der Waals surface area contributed by atoms with Gasteiger partial charge in [-0.05, 0) is 18.1 Å². The third-order valence-corrected chi connectivity index (χ3v) is 2.17.